The molecule has 0 saturated carbocycles. The van der Waals surface area contributed by atoms with E-state index in [-0.39, 0.29) is 5.11 Å². The molecule has 0 radical (unpaired) electrons. The maximum atomic E-state index is 12.3. The first kappa shape index (κ1) is 25.7. The molecule has 0 spiro atoms. The standard InChI is InChI=1S/C29H21Cl2N3O3S/c1-16-14-23-25(15-17(16)2)37-28(33-23)18-6-8-19(9-7-18)32-29(38)34-26(35)13-11-20-10-12-24(36-20)21-4-3-5-22(30)27(21)31/h3-15H,1-2H3,(H2,32,34,35,38). The molecule has 0 aliphatic carbocycles. The average Bonchev–Trinajstić information content (AvgIpc) is 3.52. The minimum atomic E-state index is -0.407. The summed E-state index contributed by atoms with van der Waals surface area (Å²) in [6.07, 6.45) is 2.87. The van der Waals surface area contributed by atoms with Crippen LogP contribution in [0.25, 0.3) is 40.0 Å². The van der Waals surface area contributed by atoms with Crippen LogP contribution in [0.2, 0.25) is 10.0 Å². The monoisotopic (exact) mass is 561 g/mol. The zero-order valence-corrected chi connectivity index (χ0v) is 22.7. The van der Waals surface area contributed by atoms with Gasteiger partial charge < -0.3 is 14.2 Å². The van der Waals surface area contributed by atoms with Gasteiger partial charge in [0.15, 0.2) is 10.7 Å². The van der Waals surface area contributed by atoms with Gasteiger partial charge in [0, 0.05) is 22.9 Å². The summed E-state index contributed by atoms with van der Waals surface area (Å²) in [5.41, 5.74) is 6.10. The molecule has 0 bridgehead atoms. The molecule has 38 heavy (non-hydrogen) atoms. The van der Waals surface area contributed by atoms with E-state index in [9.17, 15) is 4.79 Å². The largest absolute Gasteiger partial charge is 0.457 e. The van der Waals surface area contributed by atoms with Gasteiger partial charge in [0.25, 0.3) is 0 Å². The Hall–Kier alpha value is -3.91. The number of hydrogen-bond donors (Lipinski definition) is 2. The van der Waals surface area contributed by atoms with Gasteiger partial charge in [-0.1, -0.05) is 29.3 Å². The number of thiocarbonyl (C=S) groups is 1. The number of carbonyl (C=O) groups is 1. The van der Waals surface area contributed by atoms with Gasteiger partial charge in [0.2, 0.25) is 11.8 Å². The van der Waals surface area contributed by atoms with Crippen molar-refractivity contribution in [2.45, 2.75) is 13.8 Å². The summed E-state index contributed by atoms with van der Waals surface area (Å²) in [4.78, 5) is 16.9. The maximum absolute atomic E-state index is 12.3. The van der Waals surface area contributed by atoms with Crippen molar-refractivity contribution in [2.75, 3.05) is 5.32 Å². The Balaban J connectivity index is 1.18. The number of benzene rings is 3. The number of oxazole rings is 1. The van der Waals surface area contributed by atoms with Gasteiger partial charge >= 0.3 is 0 Å². The third-order valence-corrected chi connectivity index (χ3v) is 6.90. The van der Waals surface area contributed by atoms with E-state index >= 15 is 0 Å². The van der Waals surface area contributed by atoms with Crippen molar-refractivity contribution in [1.29, 1.82) is 0 Å². The van der Waals surface area contributed by atoms with E-state index in [2.05, 4.69) is 15.6 Å². The lowest BCUT2D eigenvalue weighted by atomic mass is 10.1. The summed E-state index contributed by atoms with van der Waals surface area (Å²) in [5, 5.41) is 6.60. The number of aromatic nitrogens is 1. The van der Waals surface area contributed by atoms with Gasteiger partial charge in [-0.05, 0) is 104 Å². The third kappa shape index (κ3) is 5.65. The summed E-state index contributed by atoms with van der Waals surface area (Å²) >= 11 is 17.6. The Bertz CT molecular complexity index is 1670. The number of halogens is 2. The van der Waals surface area contributed by atoms with Crippen LogP contribution in [0, 0.1) is 13.8 Å². The van der Waals surface area contributed by atoms with Crippen molar-refractivity contribution in [3.63, 3.8) is 0 Å². The number of amides is 1. The number of furan rings is 1. The SMILES string of the molecule is Cc1cc2nc(-c3ccc(NC(=S)NC(=O)C=Cc4ccc(-c5cccc(Cl)c5Cl)o4)cc3)oc2cc1C. The van der Waals surface area contributed by atoms with Crippen LogP contribution in [0.3, 0.4) is 0 Å². The van der Waals surface area contributed by atoms with E-state index in [1.165, 1.54) is 17.7 Å². The predicted octanol–water partition coefficient (Wildman–Crippen LogP) is 8.20. The Morgan fingerprint density at radius 3 is 2.53 bits per heavy atom. The van der Waals surface area contributed by atoms with Gasteiger partial charge in [0.05, 0.1) is 10.0 Å². The highest BCUT2D eigenvalue weighted by Crippen LogP contribution is 2.34. The molecule has 6 nitrogen and oxygen atoms in total. The molecule has 2 aromatic heterocycles. The molecule has 1 amide bonds. The van der Waals surface area contributed by atoms with Gasteiger partial charge in [-0.2, -0.15) is 0 Å². The lowest BCUT2D eigenvalue weighted by Gasteiger charge is -2.08. The molecule has 0 aliphatic rings. The summed E-state index contributed by atoms with van der Waals surface area (Å²) in [6.45, 7) is 4.09. The van der Waals surface area contributed by atoms with Crippen molar-refractivity contribution >= 4 is 69.3 Å². The second-order valence-corrected chi connectivity index (χ2v) is 9.77. The molecular formula is C29H21Cl2N3O3S. The summed E-state index contributed by atoms with van der Waals surface area (Å²) < 4.78 is 11.7. The van der Waals surface area contributed by atoms with Crippen LogP contribution >= 0.6 is 35.4 Å². The van der Waals surface area contributed by atoms with E-state index in [0.29, 0.717) is 38.7 Å². The Morgan fingerprint density at radius 2 is 1.74 bits per heavy atom. The molecule has 5 aromatic rings. The van der Waals surface area contributed by atoms with Gasteiger partial charge in [0.1, 0.15) is 17.0 Å². The van der Waals surface area contributed by atoms with E-state index in [1.54, 1.807) is 30.3 Å². The van der Waals surface area contributed by atoms with Crippen LogP contribution in [-0.2, 0) is 4.79 Å². The highest BCUT2D eigenvalue weighted by atomic mass is 35.5. The highest BCUT2D eigenvalue weighted by Gasteiger charge is 2.12. The van der Waals surface area contributed by atoms with Gasteiger partial charge in [-0.25, -0.2) is 4.98 Å². The van der Waals surface area contributed by atoms with E-state index in [1.807, 2.05) is 50.2 Å². The van der Waals surface area contributed by atoms with Crippen molar-refractivity contribution < 1.29 is 13.6 Å². The third-order valence-electron chi connectivity index (χ3n) is 5.87. The number of anilines is 1. The smallest absolute Gasteiger partial charge is 0.250 e. The number of rotatable bonds is 5. The van der Waals surface area contributed by atoms with Crippen LogP contribution in [0.5, 0.6) is 0 Å². The Labute approximate surface area is 234 Å². The lowest BCUT2D eigenvalue weighted by Crippen LogP contribution is -2.32. The zero-order chi connectivity index (χ0) is 26.8. The van der Waals surface area contributed by atoms with Crippen LogP contribution in [0.15, 0.2) is 81.6 Å². The van der Waals surface area contributed by atoms with Crippen LogP contribution in [0.4, 0.5) is 5.69 Å². The highest BCUT2D eigenvalue weighted by molar-refractivity contribution is 7.80. The molecule has 190 valence electrons. The predicted molar refractivity (Wildman–Crippen MR) is 156 cm³/mol. The van der Waals surface area contributed by atoms with E-state index in [0.717, 1.165) is 22.2 Å². The molecule has 2 heterocycles. The molecule has 2 N–H and O–H groups in total. The van der Waals surface area contributed by atoms with Crippen LogP contribution < -0.4 is 10.6 Å². The number of fused-ring (bicyclic) bond motifs is 1. The minimum absolute atomic E-state index is 0.158. The quantitative estimate of drug-likeness (QED) is 0.166. The number of aryl methyl sites for hydroxylation is 2. The van der Waals surface area contributed by atoms with Crippen LogP contribution in [-0.4, -0.2) is 16.0 Å². The van der Waals surface area contributed by atoms with E-state index in [4.69, 9.17) is 44.3 Å². The lowest BCUT2D eigenvalue weighted by molar-refractivity contribution is -0.115. The van der Waals surface area contributed by atoms with E-state index < -0.39 is 5.91 Å². The minimum Gasteiger partial charge on any atom is -0.457 e. The van der Waals surface area contributed by atoms with Crippen molar-refractivity contribution in [3.05, 3.63) is 99.7 Å². The molecule has 0 saturated heterocycles. The van der Waals surface area contributed by atoms with Crippen LogP contribution in [0.1, 0.15) is 16.9 Å². The average molecular weight is 562 g/mol. The summed E-state index contributed by atoms with van der Waals surface area (Å²) in [5.74, 6) is 1.15. The van der Waals surface area contributed by atoms with Crippen molar-refractivity contribution in [2.24, 2.45) is 0 Å². The first-order chi connectivity index (χ1) is 18.3. The molecule has 5 rings (SSSR count). The number of nitrogens with zero attached hydrogens (tertiary/aromatic N) is 1. The number of nitrogens with one attached hydrogen (secondary N) is 2. The van der Waals surface area contributed by atoms with Crippen molar-refractivity contribution in [1.82, 2.24) is 10.3 Å². The van der Waals surface area contributed by atoms with Crippen molar-refractivity contribution in [3.8, 4) is 22.8 Å². The summed E-state index contributed by atoms with van der Waals surface area (Å²) in [6, 6.07) is 20.2. The Kier molecular flexibility index (Phi) is 7.33. The molecule has 9 heteroatoms. The fourth-order valence-electron chi connectivity index (χ4n) is 3.75. The topological polar surface area (TPSA) is 80.3 Å². The second kappa shape index (κ2) is 10.8. The number of carbonyl (C=O) groups excluding carboxylic acids is 1. The second-order valence-electron chi connectivity index (χ2n) is 8.58. The first-order valence-electron chi connectivity index (χ1n) is 11.6. The fourth-order valence-corrected chi connectivity index (χ4v) is 4.37. The Morgan fingerprint density at radius 1 is 0.974 bits per heavy atom. The molecule has 0 unspecified atom stereocenters. The molecule has 0 aliphatic heterocycles. The number of hydrogen-bond acceptors (Lipinski definition) is 5. The zero-order valence-electron chi connectivity index (χ0n) is 20.3. The maximum Gasteiger partial charge on any atom is 0.250 e. The summed E-state index contributed by atoms with van der Waals surface area (Å²) in [7, 11) is 0. The fraction of sp³-hybridized carbons (Fsp3) is 0.0690. The first-order valence-corrected chi connectivity index (χ1v) is 12.8. The molecule has 3 aromatic carbocycles. The molecule has 0 fully saturated rings. The molecular weight excluding hydrogens is 541 g/mol. The normalized spacial score (nSPS) is 11.3. The van der Waals surface area contributed by atoms with Gasteiger partial charge in [-0.15, -0.1) is 0 Å². The van der Waals surface area contributed by atoms with Gasteiger partial charge in [-0.3, -0.25) is 10.1 Å². The molecule has 0 atom stereocenters.